The fourth-order valence-corrected chi connectivity index (χ4v) is 0.839. The minimum absolute atomic E-state index is 0.0744. The summed E-state index contributed by atoms with van der Waals surface area (Å²) in [7, 11) is 0. The van der Waals surface area contributed by atoms with Crippen LogP contribution in [-0.2, 0) is 4.79 Å². The van der Waals surface area contributed by atoms with Crippen molar-refractivity contribution in [3.8, 4) is 0 Å². The Morgan fingerprint density at radius 3 is 2.56 bits per heavy atom. The normalized spacial score (nSPS) is 19.2. The molecule has 9 heavy (non-hydrogen) atoms. The van der Waals surface area contributed by atoms with E-state index in [4.69, 9.17) is 5.11 Å². The highest BCUT2D eigenvalue weighted by Gasteiger charge is 2.15. The van der Waals surface area contributed by atoms with Crippen molar-refractivity contribution < 1.29 is 9.90 Å². The van der Waals surface area contributed by atoms with Crippen LogP contribution in [0.3, 0.4) is 0 Å². The van der Waals surface area contributed by atoms with Crippen LogP contribution in [0.2, 0.25) is 0 Å². The van der Waals surface area contributed by atoms with Crippen LogP contribution in [-0.4, -0.2) is 42.0 Å². The van der Waals surface area contributed by atoms with Gasteiger partial charge in [0.1, 0.15) is 6.61 Å². The van der Waals surface area contributed by atoms with Gasteiger partial charge in [-0.15, -0.1) is 0 Å². The Kier molecular flexibility index (Phi) is 2.19. The summed E-state index contributed by atoms with van der Waals surface area (Å²) in [5.41, 5.74) is 0. The van der Waals surface area contributed by atoms with E-state index in [0.29, 0.717) is 6.54 Å². The van der Waals surface area contributed by atoms with Gasteiger partial charge in [0.2, 0.25) is 0 Å². The van der Waals surface area contributed by atoms with E-state index in [1.54, 1.807) is 0 Å². The summed E-state index contributed by atoms with van der Waals surface area (Å²) < 4.78 is 0. The van der Waals surface area contributed by atoms with E-state index in [9.17, 15) is 4.79 Å². The number of hydrogen-bond acceptors (Lipinski definition) is 3. The van der Waals surface area contributed by atoms with Crippen LogP contribution < -0.4 is 0 Å². The van der Waals surface area contributed by atoms with Gasteiger partial charge in [-0.25, -0.2) is 0 Å². The molecule has 0 amide bonds. The molecule has 52 valence electrons. The van der Waals surface area contributed by atoms with Crippen LogP contribution in [0.4, 0.5) is 0 Å². The van der Waals surface area contributed by atoms with Crippen LogP contribution >= 0.6 is 0 Å². The molecule has 0 aromatic heterocycles. The van der Waals surface area contributed by atoms with Crippen LogP contribution in [0.15, 0.2) is 0 Å². The molecule has 1 rings (SSSR count). The van der Waals surface area contributed by atoms with E-state index >= 15 is 0 Å². The molecule has 0 atom stereocenters. The molecule has 1 fully saturated rings. The second-order valence-corrected chi connectivity index (χ2v) is 2.33. The second kappa shape index (κ2) is 2.94. The molecule has 0 aromatic carbocycles. The molecule has 1 aliphatic heterocycles. The van der Waals surface area contributed by atoms with Gasteiger partial charge in [0.25, 0.3) is 0 Å². The molecule has 1 heterocycles. The lowest BCUT2D eigenvalue weighted by Gasteiger charge is -2.29. The number of aliphatic hydroxyl groups excluding tert-OH is 1. The van der Waals surface area contributed by atoms with E-state index in [0.717, 1.165) is 13.1 Å². The maximum atomic E-state index is 10.5. The summed E-state index contributed by atoms with van der Waals surface area (Å²) in [6.45, 7) is 2.17. The molecular formula is C6H11NO2. The lowest BCUT2D eigenvalue weighted by atomic mass is 10.2. The Hall–Kier alpha value is -0.410. The van der Waals surface area contributed by atoms with E-state index < -0.39 is 0 Å². The molecule has 0 aliphatic carbocycles. The summed E-state index contributed by atoms with van der Waals surface area (Å²) in [5.74, 6) is -0.0744. The smallest absolute Gasteiger partial charge is 0.172 e. The first-order chi connectivity index (χ1) is 4.33. The summed E-state index contributed by atoms with van der Waals surface area (Å²) in [6.07, 6.45) is 1.19. The number of ketones is 1. The number of likely N-dealkylation sites (tertiary alicyclic amines) is 1. The van der Waals surface area contributed by atoms with Gasteiger partial charge in [-0.3, -0.25) is 9.69 Å². The van der Waals surface area contributed by atoms with Gasteiger partial charge in [0.15, 0.2) is 5.78 Å². The number of rotatable bonds is 3. The molecule has 0 saturated carbocycles. The van der Waals surface area contributed by atoms with Crippen molar-refractivity contribution in [2.75, 3.05) is 26.2 Å². The van der Waals surface area contributed by atoms with Gasteiger partial charge in [-0.1, -0.05) is 0 Å². The molecular weight excluding hydrogens is 118 g/mol. The molecule has 0 radical (unpaired) electrons. The topological polar surface area (TPSA) is 40.5 Å². The van der Waals surface area contributed by atoms with Crippen molar-refractivity contribution in [3.63, 3.8) is 0 Å². The van der Waals surface area contributed by atoms with E-state index in [2.05, 4.69) is 0 Å². The van der Waals surface area contributed by atoms with Crippen LogP contribution in [0, 0.1) is 0 Å². The summed E-state index contributed by atoms with van der Waals surface area (Å²) in [5, 5.41) is 8.33. The molecule has 0 aromatic rings. The third kappa shape index (κ3) is 1.77. The molecule has 3 nitrogen and oxygen atoms in total. The number of carbonyl (C=O) groups is 1. The maximum absolute atomic E-state index is 10.5. The number of hydrogen-bond donors (Lipinski definition) is 1. The lowest BCUT2D eigenvalue weighted by Crippen LogP contribution is -2.41. The highest BCUT2D eigenvalue weighted by atomic mass is 16.3. The largest absolute Gasteiger partial charge is 0.389 e. The van der Waals surface area contributed by atoms with E-state index in [1.165, 1.54) is 6.42 Å². The number of Topliss-reactive ketones (excluding diaryl/α,β-unsaturated/α-hetero) is 1. The molecule has 1 aliphatic rings. The highest BCUT2D eigenvalue weighted by Crippen LogP contribution is 2.03. The van der Waals surface area contributed by atoms with Gasteiger partial charge < -0.3 is 5.11 Å². The average molecular weight is 129 g/mol. The SMILES string of the molecule is O=C(CO)CN1CCC1. The maximum Gasteiger partial charge on any atom is 0.172 e. The zero-order chi connectivity index (χ0) is 6.69. The summed E-state index contributed by atoms with van der Waals surface area (Å²) in [6, 6.07) is 0. The predicted octanol–water partition coefficient (Wildman–Crippen LogP) is -0.747. The number of nitrogens with zero attached hydrogens (tertiary/aromatic N) is 1. The van der Waals surface area contributed by atoms with Gasteiger partial charge >= 0.3 is 0 Å². The van der Waals surface area contributed by atoms with Crippen LogP contribution in [0.1, 0.15) is 6.42 Å². The van der Waals surface area contributed by atoms with Gasteiger partial charge in [-0.05, 0) is 19.5 Å². The summed E-state index contributed by atoms with van der Waals surface area (Å²) >= 11 is 0. The first-order valence-corrected chi connectivity index (χ1v) is 3.18. The second-order valence-electron chi connectivity index (χ2n) is 2.33. The average Bonchev–Trinajstić information content (AvgIpc) is 1.78. The molecule has 3 heteroatoms. The Balaban J connectivity index is 2.09. The Morgan fingerprint density at radius 2 is 2.22 bits per heavy atom. The fraction of sp³-hybridized carbons (Fsp3) is 0.833. The van der Waals surface area contributed by atoms with E-state index in [-0.39, 0.29) is 12.4 Å². The standard InChI is InChI=1S/C6H11NO2/c8-5-6(9)4-7-2-1-3-7/h8H,1-5H2. The zero-order valence-corrected chi connectivity index (χ0v) is 5.34. The van der Waals surface area contributed by atoms with Crippen molar-refractivity contribution in [2.45, 2.75) is 6.42 Å². The van der Waals surface area contributed by atoms with Crippen molar-refractivity contribution in [3.05, 3.63) is 0 Å². The summed E-state index contributed by atoms with van der Waals surface area (Å²) in [4.78, 5) is 12.5. The molecule has 1 saturated heterocycles. The van der Waals surface area contributed by atoms with Crippen molar-refractivity contribution in [1.82, 2.24) is 4.90 Å². The van der Waals surface area contributed by atoms with Crippen LogP contribution in [0.5, 0.6) is 0 Å². The molecule has 0 spiro atoms. The molecule has 0 bridgehead atoms. The Morgan fingerprint density at radius 1 is 1.56 bits per heavy atom. The lowest BCUT2D eigenvalue weighted by molar-refractivity contribution is -0.123. The predicted molar refractivity (Wildman–Crippen MR) is 33.1 cm³/mol. The third-order valence-electron chi connectivity index (χ3n) is 1.52. The number of carbonyl (C=O) groups excluding carboxylic acids is 1. The minimum atomic E-state index is -0.309. The highest BCUT2D eigenvalue weighted by molar-refractivity contribution is 5.81. The third-order valence-corrected chi connectivity index (χ3v) is 1.52. The molecule has 1 N–H and O–H groups in total. The van der Waals surface area contributed by atoms with Crippen LogP contribution in [0.25, 0.3) is 0 Å². The van der Waals surface area contributed by atoms with Gasteiger partial charge in [-0.2, -0.15) is 0 Å². The van der Waals surface area contributed by atoms with E-state index in [1.807, 2.05) is 4.90 Å². The number of aliphatic hydroxyl groups is 1. The minimum Gasteiger partial charge on any atom is -0.389 e. The van der Waals surface area contributed by atoms with Crippen molar-refractivity contribution in [2.24, 2.45) is 0 Å². The monoisotopic (exact) mass is 129 g/mol. The quantitative estimate of drug-likeness (QED) is 0.545. The Labute approximate surface area is 54.3 Å². The van der Waals surface area contributed by atoms with Gasteiger partial charge in [0.05, 0.1) is 6.54 Å². The zero-order valence-electron chi connectivity index (χ0n) is 5.34. The van der Waals surface area contributed by atoms with Gasteiger partial charge in [0, 0.05) is 0 Å². The van der Waals surface area contributed by atoms with Crippen molar-refractivity contribution in [1.29, 1.82) is 0 Å². The van der Waals surface area contributed by atoms with Crippen molar-refractivity contribution >= 4 is 5.78 Å². The fourth-order valence-electron chi connectivity index (χ4n) is 0.839. The first-order valence-electron chi connectivity index (χ1n) is 3.18. The molecule has 0 unspecified atom stereocenters. The Bertz CT molecular complexity index is 110. The first kappa shape index (κ1) is 6.71.